The summed E-state index contributed by atoms with van der Waals surface area (Å²) in [5.74, 6) is 2.71. The minimum Gasteiger partial charge on any atom is -0.458 e. The number of fused-ring (bicyclic) bond motifs is 3. The van der Waals surface area contributed by atoms with Crippen molar-refractivity contribution in [1.82, 2.24) is 14.1 Å². The number of ether oxygens (including phenoxy) is 1. The largest absolute Gasteiger partial charge is 0.458 e. The van der Waals surface area contributed by atoms with E-state index in [1.165, 1.54) is 33.2 Å². The van der Waals surface area contributed by atoms with Crippen molar-refractivity contribution in [3.8, 4) is 39.8 Å². The molecule has 3 heterocycles. The first-order valence-corrected chi connectivity index (χ1v) is 21.4. The van der Waals surface area contributed by atoms with Crippen molar-refractivity contribution in [2.75, 3.05) is 0 Å². The quantitative estimate of drug-likeness (QED) is 0.108. The zero-order valence-electron chi connectivity index (χ0n) is 36.8. The molecule has 0 aliphatic heterocycles. The van der Waals surface area contributed by atoms with Gasteiger partial charge >= 0.3 is 0 Å². The van der Waals surface area contributed by atoms with Crippen molar-refractivity contribution in [2.45, 2.75) is 79.1 Å². The van der Waals surface area contributed by atoms with Crippen LogP contribution in [-0.4, -0.2) is 14.1 Å². The van der Waals surface area contributed by atoms with Crippen molar-refractivity contribution in [1.29, 1.82) is 0 Å². The average molecular weight is 799 g/mol. The number of aromatic nitrogens is 4. The van der Waals surface area contributed by atoms with Crippen molar-refractivity contribution in [2.24, 2.45) is 0 Å². The molecule has 9 aromatic rings. The highest BCUT2D eigenvalue weighted by Crippen LogP contribution is 2.39. The molecule has 5 nitrogen and oxygen atoms in total. The molecular formula is C56H54N4O. The Balaban J connectivity index is 1.17. The molecule has 6 aromatic carbocycles. The Hall–Kier alpha value is -6.72. The molecule has 5 heteroatoms. The molecule has 0 amide bonds. The van der Waals surface area contributed by atoms with E-state index >= 15 is 0 Å². The number of benzene rings is 6. The molecule has 304 valence electrons. The van der Waals surface area contributed by atoms with Gasteiger partial charge in [-0.2, -0.15) is 0 Å². The number of nitrogens with zero attached hydrogens (tertiary/aromatic N) is 4. The topological polar surface area (TPSA) is 35.9 Å². The van der Waals surface area contributed by atoms with Gasteiger partial charge in [0.2, 0.25) is 0 Å². The molecule has 0 aliphatic rings. The Kier molecular flexibility index (Phi) is 10.0. The fourth-order valence-corrected chi connectivity index (χ4v) is 8.72. The average Bonchev–Trinajstić information content (AvgIpc) is 3.76. The molecule has 3 aromatic heterocycles. The number of hydrogen-bond donors (Lipinski definition) is 0. The summed E-state index contributed by atoms with van der Waals surface area (Å²) < 4.78 is 13.6. The van der Waals surface area contributed by atoms with E-state index in [0.717, 1.165) is 62.1 Å². The first-order valence-electron chi connectivity index (χ1n) is 21.4. The zero-order valence-corrected chi connectivity index (χ0v) is 36.8. The SMILES string of the molecule is Cc1c(C)[n+](-c2ccc(C(C)(C)C)cc2)[c-]n1-c1cc(Oc2ccc3c4ccccc4n(-c4cc(C(C)(C)c5ccccc5)ccn4)c3c2)cc(-c2ccccc2C(C)C)c1. The Morgan fingerprint density at radius 2 is 1.33 bits per heavy atom. The van der Waals surface area contributed by atoms with Gasteiger partial charge in [-0.15, -0.1) is 0 Å². The van der Waals surface area contributed by atoms with E-state index in [-0.39, 0.29) is 10.8 Å². The third-order valence-electron chi connectivity index (χ3n) is 12.5. The summed E-state index contributed by atoms with van der Waals surface area (Å²) in [4.78, 5) is 4.98. The fourth-order valence-electron chi connectivity index (χ4n) is 8.72. The molecule has 61 heavy (non-hydrogen) atoms. The molecule has 0 fully saturated rings. The van der Waals surface area contributed by atoms with Crippen LogP contribution in [0.3, 0.4) is 0 Å². The molecule has 0 N–H and O–H groups in total. The van der Waals surface area contributed by atoms with Crippen LogP contribution < -0.4 is 9.30 Å². The van der Waals surface area contributed by atoms with Gasteiger partial charge in [-0.3, -0.25) is 13.7 Å². The Labute approximate surface area is 360 Å². The lowest BCUT2D eigenvalue weighted by Crippen LogP contribution is -2.32. The molecule has 0 bridgehead atoms. The second-order valence-electron chi connectivity index (χ2n) is 18.2. The van der Waals surface area contributed by atoms with E-state index in [9.17, 15) is 0 Å². The molecule has 0 atom stereocenters. The van der Waals surface area contributed by atoms with Crippen molar-refractivity contribution in [3.05, 3.63) is 198 Å². The van der Waals surface area contributed by atoms with E-state index in [2.05, 4.69) is 234 Å². The number of pyridine rings is 1. The van der Waals surface area contributed by atoms with E-state index < -0.39 is 0 Å². The predicted octanol–water partition coefficient (Wildman–Crippen LogP) is 13.9. The lowest BCUT2D eigenvalue weighted by atomic mass is 9.78. The maximum atomic E-state index is 6.97. The smallest absolute Gasteiger partial charge is 0.269 e. The van der Waals surface area contributed by atoms with Crippen LogP contribution in [0.1, 0.15) is 88.0 Å². The van der Waals surface area contributed by atoms with Crippen molar-refractivity contribution < 1.29 is 9.30 Å². The number of imidazole rings is 1. The summed E-state index contributed by atoms with van der Waals surface area (Å²) in [5, 5.41) is 2.31. The van der Waals surface area contributed by atoms with Gasteiger partial charge in [0.1, 0.15) is 17.3 Å². The van der Waals surface area contributed by atoms with Gasteiger partial charge < -0.3 is 4.74 Å². The Morgan fingerprint density at radius 1 is 0.623 bits per heavy atom. The van der Waals surface area contributed by atoms with Crippen LogP contribution in [-0.2, 0) is 10.8 Å². The second kappa shape index (κ2) is 15.4. The molecule has 0 spiro atoms. The summed E-state index contributed by atoms with van der Waals surface area (Å²) in [6, 6.07) is 54.2. The molecule has 0 radical (unpaired) electrons. The molecule has 0 aliphatic carbocycles. The van der Waals surface area contributed by atoms with Gasteiger partial charge in [0, 0.05) is 28.5 Å². The van der Waals surface area contributed by atoms with E-state index in [1.807, 2.05) is 6.20 Å². The van der Waals surface area contributed by atoms with Crippen LogP contribution in [0.15, 0.2) is 158 Å². The Bertz CT molecular complexity index is 3050. The van der Waals surface area contributed by atoms with Gasteiger partial charge in [0.15, 0.2) is 0 Å². The van der Waals surface area contributed by atoms with Crippen LogP contribution in [0.25, 0.3) is 50.1 Å². The third-order valence-corrected chi connectivity index (χ3v) is 12.5. The fraction of sp³-hybridized carbons (Fsp3) is 0.214. The highest BCUT2D eigenvalue weighted by molar-refractivity contribution is 6.09. The lowest BCUT2D eigenvalue weighted by Gasteiger charge is -2.26. The monoisotopic (exact) mass is 798 g/mol. The molecule has 0 saturated heterocycles. The van der Waals surface area contributed by atoms with Gasteiger partial charge in [0.25, 0.3) is 6.33 Å². The minimum absolute atomic E-state index is 0.0791. The summed E-state index contributed by atoms with van der Waals surface area (Å²) in [7, 11) is 0. The standard InChI is InChI=1S/C56H54N4O/c1-37(2)48-19-13-14-20-49(48)40-31-45(59-36-58(38(3)39(59)4)44-25-23-41(24-26-44)55(5,6)7)34-47(32-40)61-46-27-28-51-50-21-15-16-22-52(50)60(53(51)35-46)54-33-43(29-30-57-54)56(8,9)42-17-11-10-12-18-42/h10-35,37H,1-9H3. The third kappa shape index (κ3) is 7.33. The zero-order chi connectivity index (χ0) is 42.6. The summed E-state index contributed by atoms with van der Waals surface area (Å²) in [6.07, 6.45) is 5.64. The molecule has 0 saturated carbocycles. The second-order valence-corrected chi connectivity index (χ2v) is 18.2. The summed E-state index contributed by atoms with van der Waals surface area (Å²) in [5.41, 5.74) is 13.6. The normalized spacial score (nSPS) is 12.2. The van der Waals surface area contributed by atoms with Gasteiger partial charge in [-0.25, -0.2) is 4.98 Å². The molecule has 9 rings (SSSR count). The first kappa shape index (κ1) is 39.7. The van der Waals surface area contributed by atoms with Crippen molar-refractivity contribution >= 4 is 21.8 Å². The molecular weight excluding hydrogens is 745 g/mol. The number of hydrogen-bond acceptors (Lipinski definition) is 2. The maximum Gasteiger partial charge on any atom is 0.269 e. The van der Waals surface area contributed by atoms with Gasteiger partial charge in [-0.05, 0) is 119 Å². The van der Waals surface area contributed by atoms with Crippen LogP contribution in [0.5, 0.6) is 11.5 Å². The first-order chi connectivity index (χ1) is 29.3. The van der Waals surface area contributed by atoms with Gasteiger partial charge in [-0.1, -0.05) is 133 Å². The number of para-hydroxylation sites is 1. The van der Waals surface area contributed by atoms with Crippen LogP contribution >= 0.6 is 0 Å². The summed E-state index contributed by atoms with van der Waals surface area (Å²) >= 11 is 0. The van der Waals surface area contributed by atoms with E-state index in [0.29, 0.717) is 5.92 Å². The van der Waals surface area contributed by atoms with Crippen LogP contribution in [0.2, 0.25) is 0 Å². The summed E-state index contributed by atoms with van der Waals surface area (Å²) in [6.45, 7) is 20.1. The Morgan fingerprint density at radius 3 is 2.08 bits per heavy atom. The number of rotatable bonds is 9. The minimum atomic E-state index is -0.215. The van der Waals surface area contributed by atoms with Crippen LogP contribution in [0, 0.1) is 20.2 Å². The van der Waals surface area contributed by atoms with Gasteiger partial charge in [0.05, 0.1) is 33.8 Å². The van der Waals surface area contributed by atoms with Crippen LogP contribution in [0.4, 0.5) is 0 Å². The maximum absolute atomic E-state index is 6.97. The highest BCUT2D eigenvalue weighted by atomic mass is 16.5. The van der Waals surface area contributed by atoms with Crippen molar-refractivity contribution in [3.63, 3.8) is 0 Å². The lowest BCUT2D eigenvalue weighted by molar-refractivity contribution is -0.606. The van der Waals surface area contributed by atoms with E-state index in [4.69, 9.17) is 9.72 Å². The predicted molar refractivity (Wildman–Crippen MR) is 251 cm³/mol. The highest BCUT2D eigenvalue weighted by Gasteiger charge is 2.25. The van der Waals surface area contributed by atoms with E-state index in [1.54, 1.807) is 0 Å². The molecule has 0 unspecified atom stereocenters.